The van der Waals surface area contributed by atoms with Gasteiger partial charge in [-0.2, -0.15) is 10.5 Å². The predicted octanol–water partition coefficient (Wildman–Crippen LogP) is 5.80. The van der Waals surface area contributed by atoms with Gasteiger partial charge in [0.05, 0.1) is 21.8 Å². The van der Waals surface area contributed by atoms with Crippen LogP contribution >= 0.6 is 22.6 Å². The molecule has 6 nitrogen and oxygen atoms in total. The summed E-state index contributed by atoms with van der Waals surface area (Å²) < 4.78 is 12.6. The number of carbonyl (C=O) groups excluding carboxylic acids is 1. The van der Waals surface area contributed by atoms with Gasteiger partial charge in [-0.15, -0.1) is 0 Å². The molecule has 0 bridgehead atoms. The van der Waals surface area contributed by atoms with Gasteiger partial charge in [0.1, 0.15) is 18.2 Å². The van der Waals surface area contributed by atoms with Crippen molar-refractivity contribution >= 4 is 34.6 Å². The Balaban J connectivity index is 1.71. The minimum Gasteiger partial charge on any atom is -0.490 e. The third-order valence-electron chi connectivity index (χ3n) is 5.29. The highest BCUT2D eigenvalue weighted by Gasteiger charge is 2.15. The molecule has 0 saturated heterocycles. The number of amides is 1. The van der Waals surface area contributed by atoms with Crippen LogP contribution in [0.4, 0.5) is 0 Å². The zero-order valence-electron chi connectivity index (χ0n) is 20.0. The summed E-state index contributed by atoms with van der Waals surface area (Å²) in [4.78, 5) is 12.6. The predicted molar refractivity (Wildman–Crippen MR) is 147 cm³/mol. The normalized spacial score (nSPS) is 10.7. The average Bonchev–Trinajstić information content (AvgIpc) is 2.90. The topological polar surface area (TPSA) is 95.1 Å². The minimum absolute atomic E-state index is 0.0181. The first-order valence-electron chi connectivity index (χ1n) is 11.6. The molecule has 36 heavy (non-hydrogen) atoms. The van der Waals surface area contributed by atoms with Crippen molar-refractivity contribution in [2.24, 2.45) is 0 Å². The molecule has 1 amide bonds. The van der Waals surface area contributed by atoms with E-state index < -0.39 is 5.91 Å². The summed E-state index contributed by atoms with van der Waals surface area (Å²) in [6.45, 7) is 2.98. The number of aryl methyl sites for hydroxylation is 1. The van der Waals surface area contributed by atoms with Crippen molar-refractivity contribution < 1.29 is 14.3 Å². The summed E-state index contributed by atoms with van der Waals surface area (Å²) in [5.74, 6) is 0.642. The van der Waals surface area contributed by atoms with Gasteiger partial charge in [0.25, 0.3) is 5.91 Å². The Kier molecular flexibility index (Phi) is 10.3. The van der Waals surface area contributed by atoms with E-state index in [1.807, 2.05) is 55.5 Å². The molecule has 0 aliphatic rings. The molecule has 1 N–H and O–H groups in total. The van der Waals surface area contributed by atoms with E-state index in [0.29, 0.717) is 35.8 Å². The molecule has 0 spiro atoms. The number of nitriles is 2. The summed E-state index contributed by atoms with van der Waals surface area (Å²) >= 11 is 2.14. The number of rotatable bonds is 11. The summed E-state index contributed by atoms with van der Waals surface area (Å²) in [7, 11) is 0. The first-order valence-corrected chi connectivity index (χ1v) is 12.6. The highest BCUT2D eigenvalue weighted by Crippen LogP contribution is 2.35. The summed E-state index contributed by atoms with van der Waals surface area (Å²) in [5, 5.41) is 21.7. The zero-order chi connectivity index (χ0) is 25.8. The van der Waals surface area contributed by atoms with E-state index in [0.717, 1.165) is 22.0 Å². The number of hydrogen-bond donors (Lipinski definition) is 1. The second kappa shape index (κ2) is 13.9. The van der Waals surface area contributed by atoms with Crippen molar-refractivity contribution in [2.75, 3.05) is 13.2 Å². The third-order valence-corrected chi connectivity index (χ3v) is 6.09. The van der Waals surface area contributed by atoms with Crippen LogP contribution in [-0.2, 0) is 17.8 Å². The Labute approximate surface area is 225 Å². The number of hydrogen-bond acceptors (Lipinski definition) is 5. The molecular weight excluding hydrogens is 565 g/mol. The van der Waals surface area contributed by atoms with Crippen LogP contribution in [0, 0.1) is 26.2 Å². The van der Waals surface area contributed by atoms with Crippen LogP contribution in [0.2, 0.25) is 0 Å². The van der Waals surface area contributed by atoms with Gasteiger partial charge < -0.3 is 14.8 Å². The van der Waals surface area contributed by atoms with Crippen LogP contribution in [0.3, 0.4) is 0 Å². The SMILES string of the molecule is CCOc1cc(/C=C(/C#N)C(=O)NCCCc2ccccc2)cc(I)c1OCc1ccccc1C#N. The van der Waals surface area contributed by atoms with Gasteiger partial charge in [0.2, 0.25) is 0 Å². The van der Waals surface area contributed by atoms with Crippen LogP contribution in [0.1, 0.15) is 35.6 Å². The first-order chi connectivity index (χ1) is 17.5. The lowest BCUT2D eigenvalue weighted by molar-refractivity contribution is -0.117. The lowest BCUT2D eigenvalue weighted by atomic mass is 10.1. The van der Waals surface area contributed by atoms with Crippen LogP contribution in [0.5, 0.6) is 11.5 Å². The van der Waals surface area contributed by atoms with Crippen molar-refractivity contribution in [1.82, 2.24) is 5.32 Å². The van der Waals surface area contributed by atoms with Gasteiger partial charge in [-0.3, -0.25) is 4.79 Å². The van der Waals surface area contributed by atoms with Gasteiger partial charge >= 0.3 is 0 Å². The second-order valence-corrected chi connectivity index (χ2v) is 9.00. The van der Waals surface area contributed by atoms with Crippen molar-refractivity contribution in [3.05, 3.63) is 98.1 Å². The smallest absolute Gasteiger partial charge is 0.261 e. The van der Waals surface area contributed by atoms with Crippen molar-refractivity contribution in [3.63, 3.8) is 0 Å². The fourth-order valence-electron chi connectivity index (χ4n) is 3.53. The van der Waals surface area contributed by atoms with E-state index >= 15 is 0 Å². The maximum atomic E-state index is 12.6. The Hall–Kier alpha value is -3.82. The van der Waals surface area contributed by atoms with Gasteiger partial charge in [-0.1, -0.05) is 48.5 Å². The van der Waals surface area contributed by atoms with Gasteiger partial charge in [-0.05, 0) is 77.8 Å². The summed E-state index contributed by atoms with van der Waals surface area (Å²) in [6, 6.07) is 25.1. The van der Waals surface area contributed by atoms with Gasteiger partial charge in [-0.25, -0.2) is 0 Å². The minimum atomic E-state index is -0.410. The molecule has 0 fully saturated rings. The van der Waals surface area contributed by atoms with Crippen LogP contribution in [0.15, 0.2) is 72.3 Å². The number of halogens is 1. The average molecular weight is 591 g/mol. The fraction of sp³-hybridized carbons (Fsp3) is 0.207. The zero-order valence-corrected chi connectivity index (χ0v) is 22.1. The molecule has 3 aromatic carbocycles. The Morgan fingerprint density at radius 3 is 2.53 bits per heavy atom. The monoisotopic (exact) mass is 591 g/mol. The van der Waals surface area contributed by atoms with E-state index in [1.54, 1.807) is 18.2 Å². The van der Waals surface area contributed by atoms with E-state index in [-0.39, 0.29) is 12.2 Å². The standard InChI is InChI=1S/C29H26IN3O3/c1-2-35-27-17-22(16-26(30)28(27)36-20-24-13-7-6-12-23(24)18-31)15-25(19-32)29(34)33-14-8-11-21-9-4-3-5-10-21/h3-7,9-10,12-13,15-17H,2,8,11,14,20H2,1H3,(H,33,34)/b25-15-. The molecular formula is C29H26IN3O3. The summed E-state index contributed by atoms with van der Waals surface area (Å²) in [5.41, 5.74) is 3.21. The molecule has 7 heteroatoms. The van der Waals surface area contributed by atoms with Crippen LogP contribution < -0.4 is 14.8 Å². The molecule has 0 saturated carbocycles. The number of benzene rings is 3. The van der Waals surface area contributed by atoms with Crippen molar-refractivity contribution in [1.29, 1.82) is 10.5 Å². The third kappa shape index (κ3) is 7.59. The molecule has 0 heterocycles. The van der Waals surface area contributed by atoms with E-state index in [4.69, 9.17) is 9.47 Å². The first kappa shape index (κ1) is 26.8. The molecule has 0 aliphatic carbocycles. The van der Waals surface area contributed by atoms with E-state index in [9.17, 15) is 15.3 Å². The Morgan fingerprint density at radius 2 is 1.81 bits per heavy atom. The lowest BCUT2D eigenvalue weighted by Crippen LogP contribution is -2.25. The Bertz CT molecular complexity index is 1310. The van der Waals surface area contributed by atoms with Crippen molar-refractivity contribution in [3.8, 4) is 23.6 Å². The van der Waals surface area contributed by atoms with Crippen LogP contribution in [0.25, 0.3) is 6.08 Å². The number of ether oxygens (including phenoxy) is 2. The van der Waals surface area contributed by atoms with E-state index in [2.05, 4.69) is 46.1 Å². The second-order valence-electron chi connectivity index (χ2n) is 7.84. The lowest BCUT2D eigenvalue weighted by Gasteiger charge is -2.15. The number of carbonyl (C=O) groups is 1. The molecule has 0 radical (unpaired) electrons. The Morgan fingerprint density at radius 1 is 1.06 bits per heavy atom. The molecule has 0 unspecified atom stereocenters. The quantitative estimate of drug-likeness (QED) is 0.132. The fourth-order valence-corrected chi connectivity index (χ4v) is 4.31. The maximum Gasteiger partial charge on any atom is 0.261 e. The molecule has 0 atom stereocenters. The van der Waals surface area contributed by atoms with Gasteiger partial charge in [0.15, 0.2) is 11.5 Å². The maximum absolute atomic E-state index is 12.6. The highest BCUT2D eigenvalue weighted by atomic mass is 127. The molecule has 3 rings (SSSR count). The van der Waals surface area contributed by atoms with Gasteiger partial charge in [0, 0.05) is 12.1 Å². The number of nitrogens with one attached hydrogen (secondary N) is 1. The number of nitrogens with zero attached hydrogens (tertiary/aromatic N) is 2. The van der Waals surface area contributed by atoms with Crippen molar-refractivity contribution in [2.45, 2.75) is 26.4 Å². The highest BCUT2D eigenvalue weighted by molar-refractivity contribution is 14.1. The van der Waals surface area contributed by atoms with E-state index in [1.165, 1.54) is 5.56 Å². The molecule has 0 aliphatic heterocycles. The molecule has 3 aromatic rings. The summed E-state index contributed by atoms with van der Waals surface area (Å²) in [6.07, 6.45) is 3.18. The van der Waals surface area contributed by atoms with Crippen LogP contribution in [-0.4, -0.2) is 19.1 Å². The molecule has 182 valence electrons. The largest absolute Gasteiger partial charge is 0.490 e. The molecule has 0 aromatic heterocycles.